The van der Waals surface area contributed by atoms with Gasteiger partial charge in [-0.15, -0.1) is 11.3 Å². The number of nitrogens with zero attached hydrogens (tertiary/aromatic N) is 3. The first-order chi connectivity index (χ1) is 6.92. The highest BCUT2D eigenvalue weighted by Gasteiger charge is 2.23. The maximum Gasteiger partial charge on any atom is 0.322 e. The Kier molecular flexibility index (Phi) is 1.73. The first-order valence-electron chi connectivity index (χ1n) is 4.41. The van der Waals surface area contributed by atoms with Gasteiger partial charge < -0.3 is 9.84 Å². The Labute approximate surface area is 84.2 Å². The van der Waals surface area contributed by atoms with Crippen molar-refractivity contribution in [3.63, 3.8) is 0 Å². The number of hydrogen-bond acceptors (Lipinski definition) is 6. The van der Waals surface area contributed by atoms with Gasteiger partial charge in [0.2, 0.25) is 5.82 Å². The average Bonchev–Trinajstić information content (AvgIpc) is 2.71. The molecule has 2 aromatic heterocycles. The van der Waals surface area contributed by atoms with Crippen LogP contribution in [0.2, 0.25) is 0 Å². The van der Waals surface area contributed by atoms with Gasteiger partial charge in [0, 0.05) is 12.2 Å². The number of aromatic nitrogens is 3. The molecule has 14 heavy (non-hydrogen) atoms. The molecule has 2 aromatic rings. The summed E-state index contributed by atoms with van der Waals surface area (Å²) >= 11 is 1.50. The van der Waals surface area contributed by atoms with Crippen LogP contribution in [0.15, 0.2) is 16.2 Å². The Morgan fingerprint density at radius 3 is 3.14 bits per heavy atom. The Morgan fingerprint density at radius 1 is 1.50 bits per heavy atom. The second kappa shape index (κ2) is 3.06. The van der Waals surface area contributed by atoms with Crippen molar-refractivity contribution in [3.05, 3.63) is 11.7 Å². The summed E-state index contributed by atoms with van der Waals surface area (Å²) in [6, 6.07) is 1.04. The Hall–Kier alpha value is -1.43. The minimum atomic E-state index is 0.510. The van der Waals surface area contributed by atoms with Crippen LogP contribution in [0.5, 0.6) is 0 Å². The maximum atomic E-state index is 5.05. The molecule has 5 nitrogen and oxygen atoms in total. The van der Waals surface area contributed by atoms with E-state index in [1.54, 1.807) is 11.7 Å². The minimum absolute atomic E-state index is 0.510. The molecule has 1 saturated carbocycles. The van der Waals surface area contributed by atoms with Crippen LogP contribution in [0.4, 0.5) is 6.01 Å². The zero-order valence-corrected chi connectivity index (χ0v) is 8.12. The molecule has 2 heterocycles. The molecule has 1 N–H and O–H groups in total. The molecule has 0 amide bonds. The number of thiazole rings is 1. The third-order valence-electron chi connectivity index (χ3n) is 1.98. The summed E-state index contributed by atoms with van der Waals surface area (Å²) in [7, 11) is 0. The van der Waals surface area contributed by atoms with Gasteiger partial charge in [-0.2, -0.15) is 4.98 Å². The fourth-order valence-corrected chi connectivity index (χ4v) is 1.66. The molecule has 0 saturated heterocycles. The summed E-state index contributed by atoms with van der Waals surface area (Å²) in [6.45, 7) is 0. The van der Waals surface area contributed by atoms with E-state index in [1.165, 1.54) is 24.2 Å². The van der Waals surface area contributed by atoms with Gasteiger partial charge in [-0.1, -0.05) is 5.16 Å². The highest BCUT2D eigenvalue weighted by molar-refractivity contribution is 7.13. The molecule has 0 unspecified atom stereocenters. The molecule has 0 aliphatic heterocycles. The van der Waals surface area contributed by atoms with Gasteiger partial charge in [0.05, 0.1) is 10.4 Å². The van der Waals surface area contributed by atoms with Crippen molar-refractivity contribution >= 4 is 17.4 Å². The van der Waals surface area contributed by atoms with E-state index in [0.717, 1.165) is 4.88 Å². The lowest BCUT2D eigenvalue weighted by molar-refractivity contribution is 0.432. The van der Waals surface area contributed by atoms with E-state index in [-0.39, 0.29) is 0 Å². The topological polar surface area (TPSA) is 63.8 Å². The van der Waals surface area contributed by atoms with E-state index in [9.17, 15) is 0 Å². The van der Waals surface area contributed by atoms with Crippen molar-refractivity contribution in [2.24, 2.45) is 0 Å². The van der Waals surface area contributed by atoms with Gasteiger partial charge in [0.15, 0.2) is 0 Å². The SMILES string of the molecule is c1ncc(-c2noc(NC3CC3)n2)s1. The molecular weight excluding hydrogens is 200 g/mol. The quantitative estimate of drug-likeness (QED) is 0.832. The molecule has 1 aliphatic carbocycles. The number of hydrogen-bond donors (Lipinski definition) is 1. The van der Waals surface area contributed by atoms with E-state index in [4.69, 9.17) is 4.52 Å². The average molecular weight is 208 g/mol. The molecule has 0 radical (unpaired) electrons. The largest absolute Gasteiger partial charge is 0.335 e. The summed E-state index contributed by atoms with van der Waals surface area (Å²) in [6.07, 6.45) is 4.12. The zero-order valence-electron chi connectivity index (χ0n) is 7.30. The smallest absolute Gasteiger partial charge is 0.322 e. The lowest BCUT2D eigenvalue weighted by atomic mass is 10.5. The van der Waals surface area contributed by atoms with E-state index < -0.39 is 0 Å². The predicted octanol–water partition coefficient (Wildman–Crippen LogP) is 1.77. The molecule has 0 atom stereocenters. The molecule has 72 valence electrons. The molecule has 3 rings (SSSR count). The van der Waals surface area contributed by atoms with Crippen molar-refractivity contribution < 1.29 is 4.52 Å². The van der Waals surface area contributed by atoms with Crippen LogP contribution < -0.4 is 5.32 Å². The molecule has 1 fully saturated rings. The summed E-state index contributed by atoms with van der Waals surface area (Å²) in [4.78, 5) is 9.10. The molecule has 6 heteroatoms. The fraction of sp³-hybridized carbons (Fsp3) is 0.375. The van der Waals surface area contributed by atoms with Crippen molar-refractivity contribution in [3.8, 4) is 10.7 Å². The first-order valence-corrected chi connectivity index (χ1v) is 5.29. The third-order valence-corrected chi connectivity index (χ3v) is 2.75. The molecule has 1 aliphatic rings. The zero-order chi connectivity index (χ0) is 9.38. The molecular formula is C8H8N4OS. The second-order valence-electron chi connectivity index (χ2n) is 3.21. The van der Waals surface area contributed by atoms with Gasteiger partial charge >= 0.3 is 6.01 Å². The Bertz CT molecular complexity index is 420. The fourth-order valence-electron chi connectivity index (χ4n) is 1.11. The normalized spacial score (nSPS) is 15.7. The van der Waals surface area contributed by atoms with E-state index in [2.05, 4.69) is 20.4 Å². The summed E-state index contributed by atoms with van der Waals surface area (Å²) in [5, 5.41) is 7.00. The summed E-state index contributed by atoms with van der Waals surface area (Å²) in [5.41, 5.74) is 1.75. The van der Waals surface area contributed by atoms with Crippen LogP contribution >= 0.6 is 11.3 Å². The number of rotatable bonds is 3. The van der Waals surface area contributed by atoms with Crippen LogP contribution in [0.1, 0.15) is 12.8 Å². The highest BCUT2D eigenvalue weighted by Crippen LogP contribution is 2.26. The lowest BCUT2D eigenvalue weighted by Crippen LogP contribution is -2.00. The maximum absolute atomic E-state index is 5.05. The third kappa shape index (κ3) is 1.48. The Morgan fingerprint density at radius 2 is 2.43 bits per heavy atom. The summed E-state index contributed by atoms with van der Waals surface area (Å²) in [5.74, 6) is 0.607. The standard InChI is InChI=1S/C8H8N4OS/c1-2-5(1)10-8-11-7(12-13-8)6-3-9-4-14-6/h3-5H,1-2H2,(H,10,11,12). The monoisotopic (exact) mass is 208 g/mol. The first kappa shape index (κ1) is 7.93. The van der Waals surface area contributed by atoms with Crippen LogP contribution in [0, 0.1) is 0 Å². The van der Waals surface area contributed by atoms with Crippen molar-refractivity contribution in [2.75, 3.05) is 5.32 Å². The Balaban J connectivity index is 1.82. The van der Waals surface area contributed by atoms with E-state index in [1.807, 2.05) is 0 Å². The van der Waals surface area contributed by atoms with Gasteiger partial charge in [-0.25, -0.2) is 0 Å². The molecule has 0 spiro atoms. The van der Waals surface area contributed by atoms with Crippen LogP contribution in [0.3, 0.4) is 0 Å². The molecule has 0 aromatic carbocycles. The van der Waals surface area contributed by atoms with Crippen LogP contribution in [-0.2, 0) is 0 Å². The van der Waals surface area contributed by atoms with Gasteiger partial charge in [-0.3, -0.25) is 4.98 Å². The number of nitrogens with one attached hydrogen (secondary N) is 1. The lowest BCUT2D eigenvalue weighted by Gasteiger charge is -1.92. The van der Waals surface area contributed by atoms with E-state index >= 15 is 0 Å². The van der Waals surface area contributed by atoms with Gasteiger partial charge in [0.25, 0.3) is 0 Å². The van der Waals surface area contributed by atoms with Crippen molar-refractivity contribution in [2.45, 2.75) is 18.9 Å². The van der Waals surface area contributed by atoms with Crippen LogP contribution in [0.25, 0.3) is 10.7 Å². The van der Waals surface area contributed by atoms with Crippen molar-refractivity contribution in [1.29, 1.82) is 0 Å². The van der Waals surface area contributed by atoms with Crippen molar-refractivity contribution in [1.82, 2.24) is 15.1 Å². The predicted molar refractivity (Wildman–Crippen MR) is 52.1 cm³/mol. The minimum Gasteiger partial charge on any atom is -0.335 e. The van der Waals surface area contributed by atoms with E-state index in [0.29, 0.717) is 17.9 Å². The molecule has 0 bridgehead atoms. The van der Waals surface area contributed by atoms with Gasteiger partial charge in [-0.05, 0) is 12.8 Å². The van der Waals surface area contributed by atoms with Gasteiger partial charge in [0.1, 0.15) is 0 Å². The highest BCUT2D eigenvalue weighted by atomic mass is 32.1. The second-order valence-corrected chi connectivity index (χ2v) is 4.09. The summed E-state index contributed by atoms with van der Waals surface area (Å²) < 4.78 is 5.05. The number of anilines is 1. The van der Waals surface area contributed by atoms with Crippen LogP contribution in [-0.4, -0.2) is 21.2 Å².